The van der Waals surface area contributed by atoms with Crippen LogP contribution < -0.4 is 5.32 Å². The standard InChI is InChI=1S/C14H13N3O2S2/c1-3-19-13(18)10(6-15)7-16-14-17-11(8-20-14)12-5-4-9(2)21-12/h4-5,7-8H,3H2,1-2H3,(H,16,17)/b10-7+. The van der Waals surface area contributed by atoms with Crippen molar-refractivity contribution in [1.82, 2.24) is 4.98 Å². The molecule has 0 aliphatic rings. The number of nitrogens with one attached hydrogen (secondary N) is 1. The number of aromatic nitrogens is 1. The van der Waals surface area contributed by atoms with E-state index in [9.17, 15) is 4.79 Å². The second kappa shape index (κ2) is 7.02. The first-order valence-electron chi connectivity index (χ1n) is 6.20. The van der Waals surface area contributed by atoms with Gasteiger partial charge in [-0.3, -0.25) is 0 Å². The van der Waals surface area contributed by atoms with E-state index in [4.69, 9.17) is 10.00 Å². The molecule has 0 aliphatic carbocycles. The maximum Gasteiger partial charge on any atom is 0.350 e. The fraction of sp³-hybridized carbons (Fsp3) is 0.214. The van der Waals surface area contributed by atoms with E-state index in [1.54, 1.807) is 24.3 Å². The van der Waals surface area contributed by atoms with Crippen molar-refractivity contribution >= 4 is 33.8 Å². The van der Waals surface area contributed by atoms with Gasteiger partial charge in [-0.15, -0.1) is 22.7 Å². The van der Waals surface area contributed by atoms with Crippen molar-refractivity contribution in [2.45, 2.75) is 13.8 Å². The van der Waals surface area contributed by atoms with Crippen LogP contribution in [0.1, 0.15) is 11.8 Å². The highest BCUT2D eigenvalue weighted by molar-refractivity contribution is 7.16. The van der Waals surface area contributed by atoms with Gasteiger partial charge in [-0.2, -0.15) is 5.26 Å². The second-order valence-corrected chi connectivity index (χ2v) is 6.13. The molecule has 0 amide bonds. The molecule has 21 heavy (non-hydrogen) atoms. The Morgan fingerprint density at radius 2 is 2.38 bits per heavy atom. The largest absolute Gasteiger partial charge is 0.462 e. The van der Waals surface area contributed by atoms with Crippen LogP contribution in [0, 0.1) is 18.3 Å². The molecule has 2 aromatic rings. The van der Waals surface area contributed by atoms with Gasteiger partial charge in [-0.25, -0.2) is 9.78 Å². The molecule has 1 N–H and O–H groups in total. The van der Waals surface area contributed by atoms with Crippen molar-refractivity contribution in [1.29, 1.82) is 5.26 Å². The molecule has 0 aliphatic heterocycles. The van der Waals surface area contributed by atoms with Gasteiger partial charge in [0.2, 0.25) is 0 Å². The summed E-state index contributed by atoms with van der Waals surface area (Å²) in [6.45, 7) is 3.97. The van der Waals surface area contributed by atoms with E-state index >= 15 is 0 Å². The molecular weight excluding hydrogens is 306 g/mol. The minimum Gasteiger partial charge on any atom is -0.462 e. The minimum absolute atomic E-state index is 0.0828. The average Bonchev–Trinajstić information content (AvgIpc) is 3.08. The van der Waals surface area contributed by atoms with Crippen molar-refractivity contribution < 1.29 is 9.53 Å². The Morgan fingerprint density at radius 3 is 3.00 bits per heavy atom. The van der Waals surface area contributed by atoms with Gasteiger partial charge in [-0.1, -0.05) is 0 Å². The van der Waals surface area contributed by atoms with E-state index < -0.39 is 5.97 Å². The molecule has 2 rings (SSSR count). The third-order valence-corrected chi connectivity index (χ3v) is 4.25. The lowest BCUT2D eigenvalue weighted by Crippen LogP contribution is -2.07. The smallest absolute Gasteiger partial charge is 0.350 e. The van der Waals surface area contributed by atoms with E-state index in [2.05, 4.69) is 10.3 Å². The number of thiophene rings is 1. The Hall–Kier alpha value is -2.17. The summed E-state index contributed by atoms with van der Waals surface area (Å²) in [6.07, 6.45) is 1.32. The van der Waals surface area contributed by atoms with Crippen molar-refractivity contribution in [2.24, 2.45) is 0 Å². The Morgan fingerprint density at radius 1 is 1.57 bits per heavy atom. The molecule has 0 saturated heterocycles. The van der Waals surface area contributed by atoms with Gasteiger partial charge in [0, 0.05) is 16.5 Å². The Kier molecular flexibility index (Phi) is 5.09. The third kappa shape index (κ3) is 3.90. The van der Waals surface area contributed by atoms with E-state index in [0.29, 0.717) is 5.13 Å². The highest BCUT2D eigenvalue weighted by Gasteiger charge is 2.10. The Bertz CT molecular complexity index is 710. The molecule has 5 nitrogen and oxygen atoms in total. The summed E-state index contributed by atoms with van der Waals surface area (Å²) in [5.74, 6) is -0.641. The Balaban J connectivity index is 2.09. The quantitative estimate of drug-likeness (QED) is 0.518. The summed E-state index contributed by atoms with van der Waals surface area (Å²) in [4.78, 5) is 18.2. The number of hydrogen-bond acceptors (Lipinski definition) is 7. The molecule has 2 aromatic heterocycles. The summed E-state index contributed by atoms with van der Waals surface area (Å²) in [5, 5.41) is 14.3. The summed E-state index contributed by atoms with van der Waals surface area (Å²) in [6, 6.07) is 5.87. The number of nitrogens with zero attached hydrogens (tertiary/aromatic N) is 2. The maximum absolute atomic E-state index is 11.5. The van der Waals surface area contributed by atoms with E-state index in [1.807, 2.05) is 24.4 Å². The number of nitriles is 1. The van der Waals surface area contributed by atoms with Crippen LogP contribution in [0.25, 0.3) is 10.6 Å². The zero-order valence-corrected chi connectivity index (χ0v) is 13.2. The number of ether oxygens (including phenoxy) is 1. The van der Waals surface area contributed by atoms with Crippen LogP contribution in [0.15, 0.2) is 29.3 Å². The van der Waals surface area contributed by atoms with Crippen LogP contribution in [0.3, 0.4) is 0 Å². The first-order chi connectivity index (χ1) is 10.1. The topological polar surface area (TPSA) is 75.0 Å². The first kappa shape index (κ1) is 15.2. The predicted octanol–water partition coefficient (Wildman–Crippen LogP) is 3.56. The molecular formula is C14H13N3O2S2. The van der Waals surface area contributed by atoms with E-state index in [0.717, 1.165) is 10.6 Å². The van der Waals surface area contributed by atoms with Crippen molar-refractivity contribution in [2.75, 3.05) is 11.9 Å². The lowest BCUT2D eigenvalue weighted by Gasteiger charge is -1.99. The van der Waals surface area contributed by atoms with Gasteiger partial charge in [0.25, 0.3) is 0 Å². The number of anilines is 1. The van der Waals surface area contributed by atoms with Gasteiger partial charge < -0.3 is 10.1 Å². The van der Waals surface area contributed by atoms with Gasteiger partial charge in [0.05, 0.1) is 17.2 Å². The maximum atomic E-state index is 11.5. The molecule has 0 atom stereocenters. The number of carbonyl (C=O) groups excluding carboxylic acids is 1. The van der Waals surface area contributed by atoms with Crippen LogP contribution in [0.5, 0.6) is 0 Å². The molecule has 0 bridgehead atoms. The van der Waals surface area contributed by atoms with E-state index in [-0.39, 0.29) is 12.2 Å². The number of aryl methyl sites for hydroxylation is 1. The molecule has 108 valence electrons. The monoisotopic (exact) mass is 319 g/mol. The summed E-state index contributed by atoms with van der Waals surface area (Å²) >= 11 is 3.08. The zero-order chi connectivity index (χ0) is 15.2. The average molecular weight is 319 g/mol. The van der Waals surface area contributed by atoms with Crippen molar-refractivity contribution in [3.05, 3.63) is 34.2 Å². The van der Waals surface area contributed by atoms with Crippen LogP contribution in [0.2, 0.25) is 0 Å². The minimum atomic E-state index is -0.641. The molecule has 0 saturated carbocycles. The molecule has 0 fully saturated rings. The normalized spacial score (nSPS) is 11.0. The third-order valence-electron chi connectivity index (χ3n) is 2.45. The molecule has 7 heteroatoms. The summed E-state index contributed by atoms with van der Waals surface area (Å²) in [5.41, 5.74) is 0.796. The zero-order valence-electron chi connectivity index (χ0n) is 11.5. The number of rotatable bonds is 5. The molecule has 2 heterocycles. The first-order valence-corrected chi connectivity index (χ1v) is 7.90. The van der Waals surface area contributed by atoms with Crippen molar-refractivity contribution in [3.63, 3.8) is 0 Å². The van der Waals surface area contributed by atoms with Gasteiger partial charge >= 0.3 is 5.97 Å². The fourth-order valence-electron chi connectivity index (χ4n) is 1.50. The summed E-state index contributed by atoms with van der Waals surface area (Å²) in [7, 11) is 0. The van der Waals surface area contributed by atoms with Crippen LogP contribution in [-0.4, -0.2) is 17.6 Å². The molecule has 0 unspecified atom stereocenters. The van der Waals surface area contributed by atoms with Crippen LogP contribution in [-0.2, 0) is 9.53 Å². The van der Waals surface area contributed by atoms with Gasteiger partial charge in [0.15, 0.2) is 10.7 Å². The van der Waals surface area contributed by atoms with Gasteiger partial charge in [-0.05, 0) is 26.0 Å². The Labute approximate surface area is 130 Å². The van der Waals surface area contributed by atoms with Crippen molar-refractivity contribution in [3.8, 4) is 16.6 Å². The molecule has 0 spiro atoms. The SMILES string of the molecule is CCOC(=O)/C(C#N)=C/Nc1nc(-c2ccc(C)s2)cs1. The van der Waals surface area contributed by atoms with Gasteiger partial charge in [0.1, 0.15) is 6.07 Å². The number of thiazole rings is 1. The number of hydrogen-bond donors (Lipinski definition) is 1. The molecule has 0 aromatic carbocycles. The lowest BCUT2D eigenvalue weighted by atomic mass is 10.3. The van der Waals surface area contributed by atoms with Crippen LogP contribution in [0.4, 0.5) is 5.13 Å². The van der Waals surface area contributed by atoms with Crippen LogP contribution >= 0.6 is 22.7 Å². The predicted molar refractivity (Wildman–Crippen MR) is 84.1 cm³/mol. The van der Waals surface area contributed by atoms with E-state index in [1.165, 1.54) is 22.4 Å². The highest BCUT2D eigenvalue weighted by atomic mass is 32.1. The highest BCUT2D eigenvalue weighted by Crippen LogP contribution is 2.30. The molecule has 0 radical (unpaired) electrons. The lowest BCUT2D eigenvalue weighted by molar-refractivity contribution is -0.138. The number of carbonyl (C=O) groups is 1. The fourth-order valence-corrected chi connectivity index (χ4v) is 3.09. The number of esters is 1. The second-order valence-electron chi connectivity index (χ2n) is 3.98. The summed E-state index contributed by atoms with van der Waals surface area (Å²) < 4.78 is 4.78.